The summed E-state index contributed by atoms with van der Waals surface area (Å²) in [4.78, 5) is 14.4. The lowest BCUT2D eigenvalue weighted by Crippen LogP contribution is -2.19. The Morgan fingerprint density at radius 2 is 2.43 bits per heavy atom. The Morgan fingerprint density at radius 1 is 1.71 bits per heavy atom. The van der Waals surface area contributed by atoms with Gasteiger partial charge >= 0.3 is 5.97 Å². The first-order valence-electron chi connectivity index (χ1n) is 4.03. The molecule has 0 amide bonds. The van der Waals surface area contributed by atoms with Crippen molar-refractivity contribution in [2.75, 3.05) is 0 Å². The summed E-state index contributed by atoms with van der Waals surface area (Å²) >= 11 is 3.26. The van der Waals surface area contributed by atoms with E-state index in [1.165, 1.54) is 6.92 Å². The van der Waals surface area contributed by atoms with Crippen molar-refractivity contribution >= 4 is 21.9 Å². The van der Waals surface area contributed by atoms with Gasteiger partial charge < -0.3 is 9.84 Å². The number of pyridine rings is 1. The SMILES string of the molecule is CC(OCc1cncc(Br)c1)C(=O)O. The molecule has 5 heteroatoms. The predicted molar refractivity (Wildman–Crippen MR) is 53.8 cm³/mol. The number of carboxylic acid groups (broad SMARTS) is 1. The zero-order chi connectivity index (χ0) is 10.6. The molecule has 0 spiro atoms. The average molecular weight is 260 g/mol. The fraction of sp³-hybridized carbons (Fsp3) is 0.333. The molecule has 0 fully saturated rings. The summed E-state index contributed by atoms with van der Waals surface area (Å²) in [5, 5.41) is 8.56. The fourth-order valence-electron chi connectivity index (χ4n) is 0.827. The van der Waals surface area contributed by atoms with Gasteiger partial charge in [-0.3, -0.25) is 4.98 Å². The van der Waals surface area contributed by atoms with Crippen LogP contribution in [0.3, 0.4) is 0 Å². The van der Waals surface area contributed by atoms with Gasteiger partial charge in [-0.15, -0.1) is 0 Å². The summed E-state index contributed by atoms with van der Waals surface area (Å²) in [6, 6.07) is 1.83. The molecule has 0 aliphatic carbocycles. The number of rotatable bonds is 4. The molecular formula is C9H10BrNO3. The van der Waals surface area contributed by atoms with Crippen LogP contribution in [0.1, 0.15) is 12.5 Å². The van der Waals surface area contributed by atoms with E-state index in [0.717, 1.165) is 10.0 Å². The van der Waals surface area contributed by atoms with E-state index in [4.69, 9.17) is 9.84 Å². The van der Waals surface area contributed by atoms with Crippen LogP contribution in [0.2, 0.25) is 0 Å². The largest absolute Gasteiger partial charge is 0.479 e. The lowest BCUT2D eigenvalue weighted by molar-refractivity contribution is -0.149. The number of aliphatic carboxylic acids is 1. The van der Waals surface area contributed by atoms with Gasteiger partial charge in [0.1, 0.15) is 0 Å². The minimum Gasteiger partial charge on any atom is -0.479 e. The molecule has 1 N–H and O–H groups in total. The van der Waals surface area contributed by atoms with Crippen molar-refractivity contribution in [3.05, 3.63) is 28.5 Å². The second kappa shape index (κ2) is 5.07. The van der Waals surface area contributed by atoms with Gasteiger partial charge in [-0.05, 0) is 34.5 Å². The number of nitrogens with zero attached hydrogens (tertiary/aromatic N) is 1. The number of hydrogen-bond donors (Lipinski definition) is 1. The third kappa shape index (κ3) is 3.43. The maximum Gasteiger partial charge on any atom is 0.332 e. The van der Waals surface area contributed by atoms with Gasteiger partial charge in [-0.2, -0.15) is 0 Å². The first kappa shape index (κ1) is 11.1. The van der Waals surface area contributed by atoms with E-state index in [1.807, 2.05) is 6.07 Å². The number of halogens is 1. The number of carbonyl (C=O) groups is 1. The van der Waals surface area contributed by atoms with E-state index in [0.29, 0.717) is 0 Å². The number of ether oxygens (including phenoxy) is 1. The van der Waals surface area contributed by atoms with Crippen molar-refractivity contribution in [2.24, 2.45) is 0 Å². The lowest BCUT2D eigenvalue weighted by atomic mass is 10.3. The molecule has 1 aromatic rings. The van der Waals surface area contributed by atoms with Gasteiger partial charge in [0.2, 0.25) is 0 Å². The van der Waals surface area contributed by atoms with Crippen LogP contribution in [0.4, 0.5) is 0 Å². The lowest BCUT2D eigenvalue weighted by Gasteiger charge is -2.07. The van der Waals surface area contributed by atoms with Crippen molar-refractivity contribution in [1.29, 1.82) is 0 Å². The highest BCUT2D eigenvalue weighted by Crippen LogP contribution is 2.10. The first-order chi connectivity index (χ1) is 6.59. The molecule has 0 saturated heterocycles. The molecule has 76 valence electrons. The highest BCUT2D eigenvalue weighted by atomic mass is 79.9. The molecule has 1 rings (SSSR count). The Bertz CT molecular complexity index is 330. The Balaban J connectivity index is 2.49. The topological polar surface area (TPSA) is 59.4 Å². The molecule has 4 nitrogen and oxygen atoms in total. The normalized spacial score (nSPS) is 12.4. The monoisotopic (exact) mass is 259 g/mol. The van der Waals surface area contributed by atoms with Gasteiger partial charge in [0.25, 0.3) is 0 Å². The third-order valence-corrected chi connectivity index (χ3v) is 2.04. The summed E-state index contributed by atoms with van der Waals surface area (Å²) in [5.74, 6) is -0.965. The molecule has 1 aromatic heterocycles. The Morgan fingerprint density at radius 3 is 3.00 bits per heavy atom. The summed E-state index contributed by atoms with van der Waals surface area (Å²) in [7, 11) is 0. The standard InChI is InChI=1S/C9H10BrNO3/c1-6(9(12)13)14-5-7-2-8(10)4-11-3-7/h2-4,6H,5H2,1H3,(H,12,13). The Labute approximate surface area is 90.0 Å². The van der Waals surface area contributed by atoms with Crippen molar-refractivity contribution in [3.63, 3.8) is 0 Å². The molecule has 1 heterocycles. The Hall–Kier alpha value is -0.940. The van der Waals surface area contributed by atoms with Crippen LogP contribution in [0.5, 0.6) is 0 Å². The maximum absolute atomic E-state index is 10.4. The first-order valence-corrected chi connectivity index (χ1v) is 4.82. The van der Waals surface area contributed by atoms with E-state index >= 15 is 0 Å². The van der Waals surface area contributed by atoms with Crippen molar-refractivity contribution < 1.29 is 14.6 Å². The van der Waals surface area contributed by atoms with E-state index in [9.17, 15) is 4.79 Å². The second-order valence-electron chi connectivity index (χ2n) is 2.80. The smallest absolute Gasteiger partial charge is 0.332 e. The minimum atomic E-state index is -0.965. The van der Waals surface area contributed by atoms with Gasteiger partial charge in [0.05, 0.1) is 6.61 Å². The van der Waals surface area contributed by atoms with E-state index < -0.39 is 12.1 Å². The zero-order valence-electron chi connectivity index (χ0n) is 7.61. The van der Waals surface area contributed by atoms with Crippen LogP contribution in [0, 0.1) is 0 Å². The average Bonchev–Trinajstić information content (AvgIpc) is 2.14. The number of hydrogen-bond acceptors (Lipinski definition) is 3. The summed E-state index contributed by atoms with van der Waals surface area (Å²) in [6.07, 6.45) is 2.50. The van der Waals surface area contributed by atoms with Crippen LogP contribution >= 0.6 is 15.9 Å². The highest BCUT2D eigenvalue weighted by molar-refractivity contribution is 9.10. The molecule has 1 atom stereocenters. The summed E-state index contributed by atoms with van der Waals surface area (Å²) < 4.78 is 5.93. The molecule has 14 heavy (non-hydrogen) atoms. The fourth-order valence-corrected chi connectivity index (χ4v) is 1.24. The van der Waals surface area contributed by atoms with Crippen LogP contribution in [-0.2, 0) is 16.1 Å². The predicted octanol–water partition coefficient (Wildman–Crippen LogP) is 1.83. The molecule has 0 aliphatic heterocycles. The minimum absolute atomic E-state index is 0.250. The molecular weight excluding hydrogens is 250 g/mol. The molecule has 0 bridgehead atoms. The molecule has 0 radical (unpaired) electrons. The van der Waals surface area contributed by atoms with E-state index in [2.05, 4.69) is 20.9 Å². The zero-order valence-corrected chi connectivity index (χ0v) is 9.19. The summed E-state index contributed by atoms with van der Waals surface area (Å²) in [5.41, 5.74) is 0.840. The van der Waals surface area contributed by atoms with Gasteiger partial charge in [-0.1, -0.05) is 0 Å². The Kier molecular flexibility index (Phi) is 4.03. The van der Waals surface area contributed by atoms with Crippen molar-refractivity contribution in [2.45, 2.75) is 19.6 Å². The quantitative estimate of drug-likeness (QED) is 0.897. The van der Waals surface area contributed by atoms with Crippen molar-refractivity contribution in [3.8, 4) is 0 Å². The third-order valence-electron chi connectivity index (χ3n) is 1.61. The van der Waals surface area contributed by atoms with Gasteiger partial charge in [0, 0.05) is 16.9 Å². The molecule has 1 unspecified atom stereocenters. The van der Waals surface area contributed by atoms with Gasteiger partial charge in [0.15, 0.2) is 6.10 Å². The van der Waals surface area contributed by atoms with Crippen LogP contribution in [-0.4, -0.2) is 22.2 Å². The van der Waals surface area contributed by atoms with Crippen LogP contribution < -0.4 is 0 Å². The van der Waals surface area contributed by atoms with E-state index in [-0.39, 0.29) is 6.61 Å². The van der Waals surface area contributed by atoms with E-state index in [1.54, 1.807) is 12.4 Å². The molecule has 0 aliphatic rings. The number of carboxylic acids is 1. The highest BCUT2D eigenvalue weighted by Gasteiger charge is 2.10. The molecule has 0 saturated carbocycles. The maximum atomic E-state index is 10.4. The second-order valence-corrected chi connectivity index (χ2v) is 3.72. The van der Waals surface area contributed by atoms with Crippen LogP contribution in [0.15, 0.2) is 22.9 Å². The van der Waals surface area contributed by atoms with Crippen molar-refractivity contribution in [1.82, 2.24) is 4.98 Å². The van der Waals surface area contributed by atoms with Crippen LogP contribution in [0.25, 0.3) is 0 Å². The van der Waals surface area contributed by atoms with Gasteiger partial charge in [-0.25, -0.2) is 4.79 Å². The molecule has 0 aromatic carbocycles. The number of aromatic nitrogens is 1. The summed E-state index contributed by atoms with van der Waals surface area (Å²) in [6.45, 7) is 1.74.